The Morgan fingerprint density at radius 2 is 1.08 bits per heavy atom. The minimum absolute atomic E-state index is 0.104. The van der Waals surface area contributed by atoms with Crippen molar-refractivity contribution in [2.45, 2.75) is 25.6 Å². The minimum Gasteiger partial charge on any atom is -0.378 e. The molecular weight excluding hydrogens is 460 g/mol. The Labute approximate surface area is 225 Å². The van der Waals surface area contributed by atoms with E-state index in [0.29, 0.717) is 0 Å². The van der Waals surface area contributed by atoms with Crippen LogP contribution >= 0.6 is 0 Å². The molecule has 6 aromatic rings. The second-order valence-electron chi connectivity index (χ2n) is 9.89. The quantitative estimate of drug-likeness (QED) is 0.221. The fourth-order valence-corrected chi connectivity index (χ4v) is 5.49. The molecule has 0 heterocycles. The number of rotatable bonds is 8. The van der Waals surface area contributed by atoms with E-state index in [0.717, 1.165) is 6.54 Å². The Morgan fingerprint density at radius 1 is 0.526 bits per heavy atom. The standard InChI is InChI=1S/C36H32N2/c1-26(32-22-12-19-27-13-8-10-20-33(27)32)38-36-31(24-23-28-14-9-11-21-34(28)36)25-37-35(29-15-4-2-5-16-29)30-17-6-3-7-18-30/h2-24,26,35,37-38H,25H2,1H3/t26-/m0/s1. The molecule has 0 spiro atoms. The SMILES string of the molecule is C[C@H](Nc1c(CNC(c2ccccc2)c2ccccc2)ccc2ccccc12)c1cccc2ccccc12. The zero-order valence-corrected chi connectivity index (χ0v) is 21.6. The Balaban J connectivity index is 1.36. The van der Waals surface area contributed by atoms with Crippen molar-refractivity contribution < 1.29 is 0 Å². The number of anilines is 1. The van der Waals surface area contributed by atoms with Crippen molar-refractivity contribution in [3.8, 4) is 0 Å². The molecule has 0 bridgehead atoms. The van der Waals surface area contributed by atoms with Gasteiger partial charge in [-0.15, -0.1) is 0 Å². The maximum absolute atomic E-state index is 3.93. The Hall–Kier alpha value is -4.40. The highest BCUT2D eigenvalue weighted by Gasteiger charge is 2.17. The molecule has 2 heteroatoms. The van der Waals surface area contributed by atoms with Gasteiger partial charge in [-0.3, -0.25) is 0 Å². The van der Waals surface area contributed by atoms with E-state index in [1.165, 1.54) is 49.5 Å². The van der Waals surface area contributed by atoms with Crippen LogP contribution in [0.2, 0.25) is 0 Å². The molecule has 0 fully saturated rings. The van der Waals surface area contributed by atoms with E-state index in [1.807, 2.05) is 0 Å². The van der Waals surface area contributed by atoms with Gasteiger partial charge < -0.3 is 10.6 Å². The van der Waals surface area contributed by atoms with Gasteiger partial charge in [0.15, 0.2) is 0 Å². The number of nitrogens with one attached hydrogen (secondary N) is 2. The summed E-state index contributed by atoms with van der Waals surface area (Å²) in [6.07, 6.45) is 0. The Morgan fingerprint density at radius 3 is 1.76 bits per heavy atom. The number of hydrogen-bond donors (Lipinski definition) is 2. The lowest BCUT2D eigenvalue weighted by Crippen LogP contribution is -2.23. The molecule has 0 unspecified atom stereocenters. The van der Waals surface area contributed by atoms with Gasteiger partial charge in [0.05, 0.1) is 6.04 Å². The number of benzene rings is 6. The van der Waals surface area contributed by atoms with Gasteiger partial charge >= 0.3 is 0 Å². The highest BCUT2D eigenvalue weighted by Crippen LogP contribution is 2.34. The molecule has 6 aromatic carbocycles. The number of fused-ring (bicyclic) bond motifs is 2. The molecule has 2 N–H and O–H groups in total. The van der Waals surface area contributed by atoms with E-state index in [2.05, 4.69) is 157 Å². The van der Waals surface area contributed by atoms with Gasteiger partial charge in [-0.2, -0.15) is 0 Å². The van der Waals surface area contributed by atoms with Crippen LogP contribution in [0.25, 0.3) is 21.5 Å². The summed E-state index contributed by atoms with van der Waals surface area (Å²) < 4.78 is 0. The molecule has 0 aliphatic heterocycles. The Kier molecular flexibility index (Phi) is 6.89. The van der Waals surface area contributed by atoms with Crippen molar-refractivity contribution in [1.29, 1.82) is 0 Å². The smallest absolute Gasteiger partial charge is 0.0579 e. The lowest BCUT2D eigenvalue weighted by Gasteiger charge is -2.24. The van der Waals surface area contributed by atoms with Crippen LogP contribution in [0.4, 0.5) is 5.69 Å². The van der Waals surface area contributed by atoms with E-state index in [1.54, 1.807) is 0 Å². The van der Waals surface area contributed by atoms with Crippen molar-refractivity contribution >= 4 is 27.2 Å². The zero-order chi connectivity index (χ0) is 25.7. The van der Waals surface area contributed by atoms with E-state index in [-0.39, 0.29) is 12.1 Å². The van der Waals surface area contributed by atoms with Crippen molar-refractivity contribution in [2.24, 2.45) is 0 Å². The monoisotopic (exact) mass is 492 g/mol. The zero-order valence-electron chi connectivity index (χ0n) is 21.6. The second kappa shape index (κ2) is 10.9. The van der Waals surface area contributed by atoms with Crippen molar-refractivity contribution in [3.05, 3.63) is 162 Å². The Bertz CT molecular complexity index is 1610. The molecule has 2 nitrogen and oxygen atoms in total. The van der Waals surface area contributed by atoms with Crippen molar-refractivity contribution in [1.82, 2.24) is 5.32 Å². The summed E-state index contributed by atoms with van der Waals surface area (Å²) in [5, 5.41) is 12.9. The molecule has 6 rings (SSSR count). The normalized spacial score (nSPS) is 12.2. The molecule has 1 atom stereocenters. The first-order chi connectivity index (χ1) is 18.8. The predicted octanol–water partition coefficient (Wildman–Crippen LogP) is 9.05. The van der Waals surface area contributed by atoms with Gasteiger partial charge in [0, 0.05) is 23.7 Å². The highest BCUT2D eigenvalue weighted by atomic mass is 14.9. The van der Waals surface area contributed by atoms with Gasteiger partial charge in [-0.1, -0.05) is 140 Å². The third-order valence-electron chi connectivity index (χ3n) is 7.43. The third-order valence-corrected chi connectivity index (χ3v) is 7.43. The molecule has 0 aromatic heterocycles. The molecular formula is C36H32N2. The molecule has 0 radical (unpaired) electrons. The molecule has 186 valence electrons. The van der Waals surface area contributed by atoms with Gasteiger partial charge in [0.2, 0.25) is 0 Å². The lowest BCUT2D eigenvalue weighted by molar-refractivity contribution is 0.605. The van der Waals surface area contributed by atoms with E-state index in [9.17, 15) is 0 Å². The number of hydrogen-bond acceptors (Lipinski definition) is 2. The summed E-state index contributed by atoms with van der Waals surface area (Å²) in [6.45, 7) is 3.00. The van der Waals surface area contributed by atoms with Crippen LogP contribution in [0.1, 0.15) is 41.3 Å². The van der Waals surface area contributed by atoms with Crippen molar-refractivity contribution in [3.63, 3.8) is 0 Å². The van der Waals surface area contributed by atoms with E-state index >= 15 is 0 Å². The molecule has 0 saturated heterocycles. The van der Waals surface area contributed by atoms with Crippen LogP contribution < -0.4 is 10.6 Å². The average Bonchev–Trinajstić information content (AvgIpc) is 2.99. The minimum atomic E-state index is 0.104. The molecule has 0 saturated carbocycles. The molecule has 38 heavy (non-hydrogen) atoms. The van der Waals surface area contributed by atoms with Gasteiger partial charge in [-0.05, 0) is 45.3 Å². The predicted molar refractivity (Wildman–Crippen MR) is 162 cm³/mol. The third kappa shape index (κ3) is 4.91. The van der Waals surface area contributed by atoms with Crippen LogP contribution in [-0.2, 0) is 6.54 Å². The summed E-state index contributed by atoms with van der Waals surface area (Å²) in [5.41, 5.74) is 6.28. The molecule has 0 amide bonds. The topological polar surface area (TPSA) is 24.1 Å². The van der Waals surface area contributed by atoms with Gasteiger partial charge in [0.1, 0.15) is 0 Å². The second-order valence-corrected chi connectivity index (χ2v) is 9.89. The van der Waals surface area contributed by atoms with Gasteiger partial charge in [-0.25, -0.2) is 0 Å². The first-order valence-corrected chi connectivity index (χ1v) is 13.4. The van der Waals surface area contributed by atoms with E-state index in [4.69, 9.17) is 0 Å². The fourth-order valence-electron chi connectivity index (χ4n) is 5.49. The summed E-state index contributed by atoms with van der Waals surface area (Å²) in [4.78, 5) is 0. The van der Waals surface area contributed by atoms with Crippen LogP contribution in [0.15, 0.2) is 140 Å². The summed E-state index contributed by atoms with van der Waals surface area (Å²) in [6, 6.07) is 50.0. The molecule has 0 aliphatic carbocycles. The van der Waals surface area contributed by atoms with Crippen LogP contribution in [0, 0.1) is 0 Å². The largest absolute Gasteiger partial charge is 0.378 e. The summed E-state index contributed by atoms with van der Waals surface area (Å²) in [7, 11) is 0. The van der Waals surface area contributed by atoms with Crippen LogP contribution in [0.3, 0.4) is 0 Å². The maximum atomic E-state index is 3.93. The maximum Gasteiger partial charge on any atom is 0.0579 e. The molecule has 0 aliphatic rings. The van der Waals surface area contributed by atoms with Crippen molar-refractivity contribution in [2.75, 3.05) is 5.32 Å². The average molecular weight is 493 g/mol. The van der Waals surface area contributed by atoms with Crippen LogP contribution in [-0.4, -0.2) is 0 Å². The fraction of sp³-hybridized carbons (Fsp3) is 0.111. The first kappa shape index (κ1) is 24.0. The van der Waals surface area contributed by atoms with Gasteiger partial charge in [0.25, 0.3) is 0 Å². The first-order valence-electron chi connectivity index (χ1n) is 13.4. The lowest BCUT2D eigenvalue weighted by atomic mass is 9.96. The highest BCUT2D eigenvalue weighted by molar-refractivity contribution is 5.96. The van der Waals surface area contributed by atoms with E-state index < -0.39 is 0 Å². The summed E-state index contributed by atoms with van der Waals surface area (Å²) >= 11 is 0. The summed E-state index contributed by atoms with van der Waals surface area (Å²) in [5.74, 6) is 0. The van der Waals surface area contributed by atoms with Crippen LogP contribution in [0.5, 0.6) is 0 Å².